The zero-order valence-electron chi connectivity index (χ0n) is 8.90. The first-order chi connectivity index (χ1) is 6.86. The van der Waals surface area contributed by atoms with E-state index in [0.717, 1.165) is 0 Å². The topological polar surface area (TPSA) is 74.0 Å². The normalized spacial score (nSPS) is 10.8. The molecule has 0 aliphatic rings. The minimum atomic E-state index is -1.10. The van der Waals surface area contributed by atoms with Crippen LogP contribution in [0, 0.1) is 11.3 Å². The molecule has 0 saturated carbocycles. The van der Waals surface area contributed by atoms with E-state index < -0.39 is 5.97 Å². The van der Waals surface area contributed by atoms with E-state index >= 15 is 0 Å². The highest BCUT2D eigenvalue weighted by Crippen LogP contribution is 2.21. The smallest absolute Gasteiger partial charge is 0.337 e. The molecule has 1 N–H and O–H groups in total. The van der Waals surface area contributed by atoms with Crippen molar-refractivity contribution in [3.63, 3.8) is 0 Å². The second-order valence-electron chi connectivity index (χ2n) is 4.28. The number of rotatable bonds is 1. The van der Waals surface area contributed by atoms with Crippen molar-refractivity contribution < 1.29 is 9.90 Å². The summed E-state index contributed by atoms with van der Waals surface area (Å²) in [4.78, 5) is 15.0. The summed E-state index contributed by atoms with van der Waals surface area (Å²) < 4.78 is 0. The van der Waals surface area contributed by atoms with Crippen molar-refractivity contribution in [2.45, 2.75) is 26.2 Å². The molecule has 1 rings (SSSR count). The predicted octanol–water partition coefficient (Wildman–Crippen LogP) is 1.95. The van der Waals surface area contributed by atoms with Crippen molar-refractivity contribution in [3.05, 3.63) is 29.1 Å². The van der Waals surface area contributed by atoms with Crippen molar-refractivity contribution in [1.82, 2.24) is 4.98 Å². The van der Waals surface area contributed by atoms with Gasteiger partial charge in [0.05, 0.1) is 11.1 Å². The Bertz CT molecular complexity index is 439. The monoisotopic (exact) mass is 204 g/mol. The van der Waals surface area contributed by atoms with Crippen LogP contribution in [-0.2, 0) is 5.41 Å². The van der Waals surface area contributed by atoms with Gasteiger partial charge >= 0.3 is 5.97 Å². The zero-order valence-corrected chi connectivity index (χ0v) is 8.90. The Hall–Kier alpha value is -1.89. The Balaban J connectivity index is 3.37. The average Bonchev–Trinajstić information content (AvgIpc) is 2.15. The van der Waals surface area contributed by atoms with Crippen molar-refractivity contribution >= 4 is 5.97 Å². The van der Waals surface area contributed by atoms with E-state index in [1.807, 2.05) is 26.8 Å². The Morgan fingerprint density at radius 3 is 2.53 bits per heavy atom. The van der Waals surface area contributed by atoms with Crippen LogP contribution in [0.2, 0.25) is 0 Å². The molecular formula is C11H12N2O2. The van der Waals surface area contributed by atoms with Crippen LogP contribution < -0.4 is 0 Å². The number of hydrogen-bond acceptors (Lipinski definition) is 3. The van der Waals surface area contributed by atoms with Gasteiger partial charge in [-0.25, -0.2) is 4.79 Å². The van der Waals surface area contributed by atoms with Crippen molar-refractivity contribution in [2.24, 2.45) is 0 Å². The molecule has 1 aromatic heterocycles. The van der Waals surface area contributed by atoms with Gasteiger partial charge in [0.2, 0.25) is 0 Å². The maximum Gasteiger partial charge on any atom is 0.337 e. The van der Waals surface area contributed by atoms with E-state index in [1.165, 1.54) is 12.3 Å². The molecule has 0 aromatic carbocycles. The first-order valence-corrected chi connectivity index (χ1v) is 4.50. The first-order valence-electron chi connectivity index (χ1n) is 4.50. The van der Waals surface area contributed by atoms with Crippen LogP contribution in [0.5, 0.6) is 0 Å². The van der Waals surface area contributed by atoms with E-state index in [2.05, 4.69) is 4.98 Å². The van der Waals surface area contributed by atoms with Crippen molar-refractivity contribution in [3.8, 4) is 6.07 Å². The summed E-state index contributed by atoms with van der Waals surface area (Å²) in [5.74, 6) is -1.10. The molecule has 0 spiro atoms. The number of aromatic carboxylic acids is 1. The van der Waals surface area contributed by atoms with Gasteiger partial charge in [0.1, 0.15) is 6.07 Å². The third-order valence-corrected chi connectivity index (χ3v) is 2.02. The Labute approximate surface area is 88.2 Å². The van der Waals surface area contributed by atoms with Crippen LogP contribution in [0.15, 0.2) is 12.3 Å². The van der Waals surface area contributed by atoms with Gasteiger partial charge < -0.3 is 5.11 Å². The molecule has 0 unspecified atom stereocenters. The van der Waals surface area contributed by atoms with Crippen molar-refractivity contribution in [2.75, 3.05) is 0 Å². The van der Waals surface area contributed by atoms with Gasteiger partial charge in [-0.2, -0.15) is 5.26 Å². The minimum absolute atomic E-state index is 0.0115. The van der Waals surface area contributed by atoms with Gasteiger partial charge in [-0.3, -0.25) is 4.98 Å². The molecule has 15 heavy (non-hydrogen) atoms. The van der Waals surface area contributed by atoms with E-state index in [1.54, 1.807) is 0 Å². The molecule has 4 nitrogen and oxygen atoms in total. The summed E-state index contributed by atoms with van der Waals surface area (Å²) in [6.45, 7) is 5.81. The number of nitriles is 1. The number of carbonyl (C=O) groups is 1. The highest BCUT2D eigenvalue weighted by molar-refractivity contribution is 5.90. The molecule has 4 heteroatoms. The maximum absolute atomic E-state index is 10.9. The lowest BCUT2D eigenvalue weighted by Gasteiger charge is -2.17. The molecule has 0 bridgehead atoms. The van der Waals surface area contributed by atoms with Gasteiger partial charge in [-0.15, -0.1) is 0 Å². The molecule has 1 heterocycles. The molecule has 0 aliphatic carbocycles. The fourth-order valence-corrected chi connectivity index (χ4v) is 1.13. The molecule has 0 fully saturated rings. The average molecular weight is 204 g/mol. The molecule has 78 valence electrons. The Morgan fingerprint density at radius 1 is 1.53 bits per heavy atom. The molecule has 0 atom stereocenters. The lowest BCUT2D eigenvalue weighted by molar-refractivity contribution is 0.0696. The summed E-state index contributed by atoms with van der Waals surface area (Å²) in [5.41, 5.74) is 0.546. The zero-order chi connectivity index (χ0) is 11.6. The van der Waals surface area contributed by atoms with E-state index in [9.17, 15) is 4.79 Å². The summed E-state index contributed by atoms with van der Waals surface area (Å²) in [5, 5.41) is 17.6. The number of carboxylic acids is 1. The van der Waals surface area contributed by atoms with Crippen LogP contribution in [-0.4, -0.2) is 16.1 Å². The third-order valence-electron chi connectivity index (χ3n) is 2.02. The van der Waals surface area contributed by atoms with Crippen LogP contribution in [0.25, 0.3) is 0 Å². The SMILES string of the molecule is CC(C)(C)c1cc(C(=O)O)c(C#N)cn1. The van der Waals surface area contributed by atoms with Crippen LogP contribution in [0.1, 0.15) is 42.4 Å². The van der Waals surface area contributed by atoms with Crippen molar-refractivity contribution in [1.29, 1.82) is 5.26 Å². The predicted molar refractivity (Wildman–Crippen MR) is 54.6 cm³/mol. The standard InChI is InChI=1S/C11H12N2O2/c1-11(2,3)9-4-8(10(14)15)7(5-12)6-13-9/h4,6H,1-3H3,(H,14,15). The number of pyridine rings is 1. The van der Waals surface area contributed by atoms with Gasteiger partial charge in [-0.1, -0.05) is 20.8 Å². The quantitative estimate of drug-likeness (QED) is 0.758. The molecule has 0 aliphatic heterocycles. The lowest BCUT2D eigenvalue weighted by Crippen LogP contribution is -2.15. The summed E-state index contributed by atoms with van der Waals surface area (Å²) in [6, 6.07) is 3.27. The summed E-state index contributed by atoms with van der Waals surface area (Å²) >= 11 is 0. The molecule has 1 aromatic rings. The lowest BCUT2D eigenvalue weighted by atomic mass is 9.90. The third kappa shape index (κ3) is 2.32. The van der Waals surface area contributed by atoms with Gasteiger partial charge in [0, 0.05) is 17.3 Å². The van der Waals surface area contributed by atoms with E-state index in [4.69, 9.17) is 10.4 Å². The molecule has 0 radical (unpaired) electrons. The summed E-state index contributed by atoms with van der Waals surface area (Å²) in [7, 11) is 0. The second kappa shape index (κ2) is 3.70. The number of carboxylic acid groups (broad SMARTS) is 1. The van der Waals surface area contributed by atoms with Gasteiger partial charge in [0.15, 0.2) is 0 Å². The van der Waals surface area contributed by atoms with Crippen LogP contribution in [0.3, 0.4) is 0 Å². The number of nitrogens with zero attached hydrogens (tertiary/aromatic N) is 2. The molecule has 0 amide bonds. The highest BCUT2D eigenvalue weighted by atomic mass is 16.4. The van der Waals surface area contributed by atoms with Gasteiger partial charge in [0.25, 0.3) is 0 Å². The number of hydrogen-bond donors (Lipinski definition) is 1. The largest absolute Gasteiger partial charge is 0.478 e. The fraction of sp³-hybridized carbons (Fsp3) is 0.364. The Kier molecular flexibility index (Phi) is 2.76. The second-order valence-corrected chi connectivity index (χ2v) is 4.28. The molecular weight excluding hydrogens is 192 g/mol. The number of aromatic nitrogens is 1. The van der Waals surface area contributed by atoms with Gasteiger partial charge in [-0.05, 0) is 6.07 Å². The highest BCUT2D eigenvalue weighted by Gasteiger charge is 2.19. The maximum atomic E-state index is 10.9. The van der Waals surface area contributed by atoms with E-state index in [-0.39, 0.29) is 16.5 Å². The minimum Gasteiger partial charge on any atom is -0.478 e. The van der Waals surface area contributed by atoms with E-state index in [0.29, 0.717) is 5.69 Å². The first kappa shape index (κ1) is 11.2. The summed E-state index contributed by atoms with van der Waals surface area (Å²) in [6.07, 6.45) is 1.31. The molecule has 0 saturated heterocycles. The van der Waals surface area contributed by atoms with Crippen LogP contribution >= 0.6 is 0 Å². The van der Waals surface area contributed by atoms with Crippen LogP contribution in [0.4, 0.5) is 0 Å². The Morgan fingerprint density at radius 2 is 2.13 bits per heavy atom. The fourth-order valence-electron chi connectivity index (χ4n) is 1.13.